The average Bonchev–Trinajstić information content (AvgIpc) is 3.13. The minimum atomic E-state index is -0.688. The van der Waals surface area contributed by atoms with Gasteiger partial charge in [-0.05, 0) is 5.56 Å². The molecule has 1 aromatic carbocycles. The molecule has 29 heavy (non-hydrogen) atoms. The minimum absolute atomic E-state index is 0.218. The first kappa shape index (κ1) is 20.6. The second-order valence-corrected chi connectivity index (χ2v) is 6.60. The molecule has 0 saturated heterocycles. The third-order valence-electron chi connectivity index (χ3n) is 3.99. The van der Waals surface area contributed by atoms with Crippen molar-refractivity contribution in [3.63, 3.8) is 0 Å². The highest BCUT2D eigenvalue weighted by Gasteiger charge is 2.22. The van der Waals surface area contributed by atoms with Crippen molar-refractivity contribution >= 4 is 35.0 Å². The van der Waals surface area contributed by atoms with Gasteiger partial charge in [-0.1, -0.05) is 41.9 Å². The summed E-state index contributed by atoms with van der Waals surface area (Å²) in [5.74, 6) is 0.449. The van der Waals surface area contributed by atoms with Crippen molar-refractivity contribution in [2.24, 2.45) is 7.05 Å². The fourth-order valence-corrected chi connectivity index (χ4v) is 2.75. The lowest BCUT2D eigenvalue weighted by Crippen LogP contribution is -2.35. The molecule has 1 amide bonds. The van der Waals surface area contributed by atoms with E-state index in [0.717, 1.165) is 11.3 Å². The molecule has 9 nitrogen and oxygen atoms in total. The monoisotopic (exact) mass is 415 g/mol. The predicted molar refractivity (Wildman–Crippen MR) is 111 cm³/mol. The Balaban J connectivity index is 1.82. The highest BCUT2D eigenvalue weighted by atomic mass is 35.5. The van der Waals surface area contributed by atoms with E-state index in [2.05, 4.69) is 31.0 Å². The molecule has 3 aromatic rings. The Kier molecular flexibility index (Phi) is 6.99. The highest BCUT2D eigenvalue weighted by molar-refractivity contribution is 6.32. The van der Waals surface area contributed by atoms with Crippen molar-refractivity contribution in [2.45, 2.75) is 6.04 Å². The number of aromatic nitrogens is 4. The first-order chi connectivity index (χ1) is 14.1. The van der Waals surface area contributed by atoms with E-state index < -0.39 is 6.04 Å². The number of nitrogens with one attached hydrogen (secondary N) is 3. The number of halogens is 1. The predicted octanol–water partition coefficient (Wildman–Crippen LogP) is 2.52. The molecule has 1 unspecified atom stereocenters. The molecule has 3 rings (SSSR count). The fourth-order valence-electron chi connectivity index (χ4n) is 2.60. The van der Waals surface area contributed by atoms with Crippen LogP contribution in [-0.2, 0) is 16.6 Å². The van der Waals surface area contributed by atoms with Crippen LogP contribution in [-0.4, -0.2) is 45.9 Å². The Labute approximate surface area is 173 Å². The van der Waals surface area contributed by atoms with Gasteiger partial charge in [-0.2, -0.15) is 10.1 Å². The summed E-state index contributed by atoms with van der Waals surface area (Å²) in [6.45, 7) is 0.812. The van der Waals surface area contributed by atoms with E-state index in [-0.39, 0.29) is 5.91 Å². The van der Waals surface area contributed by atoms with Crippen LogP contribution in [0.15, 0.2) is 48.9 Å². The summed E-state index contributed by atoms with van der Waals surface area (Å²) in [5.41, 5.74) is 1.51. The van der Waals surface area contributed by atoms with Gasteiger partial charge < -0.3 is 20.7 Å². The van der Waals surface area contributed by atoms with Crippen LogP contribution in [0.2, 0.25) is 5.02 Å². The van der Waals surface area contributed by atoms with E-state index >= 15 is 0 Å². The van der Waals surface area contributed by atoms with Crippen molar-refractivity contribution in [1.29, 1.82) is 0 Å². The number of benzene rings is 1. The van der Waals surface area contributed by atoms with E-state index in [1.807, 2.05) is 37.4 Å². The average molecular weight is 416 g/mol. The molecule has 152 valence electrons. The number of carbonyl (C=O) groups excluding carboxylic acids is 1. The summed E-state index contributed by atoms with van der Waals surface area (Å²) >= 11 is 6.28. The minimum Gasteiger partial charge on any atom is -0.383 e. The molecule has 0 aliphatic rings. The largest absolute Gasteiger partial charge is 0.383 e. The van der Waals surface area contributed by atoms with Crippen LogP contribution in [0.3, 0.4) is 0 Å². The van der Waals surface area contributed by atoms with Crippen LogP contribution in [0.5, 0.6) is 0 Å². The van der Waals surface area contributed by atoms with Gasteiger partial charge in [0.2, 0.25) is 11.9 Å². The third kappa shape index (κ3) is 5.66. The number of rotatable bonds is 9. The molecule has 0 saturated carbocycles. The zero-order chi connectivity index (χ0) is 20.6. The summed E-state index contributed by atoms with van der Waals surface area (Å²) in [6, 6.07) is 8.64. The first-order valence-corrected chi connectivity index (χ1v) is 9.31. The standard InChI is InChI=1S/C19H22ClN7O2/c1-27-12-14(10-23-27)24-19-22-11-15(20)17(26-19)25-16(13-6-4-3-5-7-13)18(28)21-8-9-29-2/h3-7,10-12,16H,8-9H2,1-2H3,(H,21,28)(H2,22,24,25,26). The second kappa shape index (κ2) is 9.85. The topological polar surface area (TPSA) is 106 Å². The van der Waals surface area contributed by atoms with Crippen LogP contribution in [0.1, 0.15) is 11.6 Å². The molecular weight excluding hydrogens is 394 g/mol. The van der Waals surface area contributed by atoms with Gasteiger partial charge in [-0.25, -0.2) is 4.98 Å². The molecule has 0 aliphatic carbocycles. The van der Waals surface area contributed by atoms with Gasteiger partial charge in [-0.15, -0.1) is 0 Å². The Morgan fingerprint density at radius 1 is 1.28 bits per heavy atom. The van der Waals surface area contributed by atoms with Gasteiger partial charge in [0.25, 0.3) is 0 Å². The van der Waals surface area contributed by atoms with Crippen molar-refractivity contribution in [3.8, 4) is 0 Å². The van der Waals surface area contributed by atoms with Crippen molar-refractivity contribution in [1.82, 2.24) is 25.1 Å². The van der Waals surface area contributed by atoms with Gasteiger partial charge >= 0.3 is 0 Å². The second-order valence-electron chi connectivity index (χ2n) is 6.19. The lowest BCUT2D eigenvalue weighted by atomic mass is 10.1. The molecule has 0 fully saturated rings. The maximum Gasteiger partial charge on any atom is 0.247 e. The molecule has 2 heterocycles. The Morgan fingerprint density at radius 2 is 2.07 bits per heavy atom. The van der Waals surface area contributed by atoms with E-state index in [4.69, 9.17) is 16.3 Å². The molecule has 0 spiro atoms. The van der Waals surface area contributed by atoms with Crippen LogP contribution >= 0.6 is 11.6 Å². The zero-order valence-corrected chi connectivity index (χ0v) is 16.8. The number of carbonyl (C=O) groups is 1. The quantitative estimate of drug-likeness (QED) is 0.461. The number of aryl methyl sites for hydroxylation is 1. The summed E-state index contributed by atoms with van der Waals surface area (Å²) in [4.78, 5) is 21.4. The lowest BCUT2D eigenvalue weighted by Gasteiger charge is -2.20. The molecule has 0 aliphatic heterocycles. The SMILES string of the molecule is COCCNC(=O)C(Nc1nc(Nc2cnn(C)c2)ncc1Cl)c1ccccc1. The van der Waals surface area contributed by atoms with Gasteiger partial charge in [-0.3, -0.25) is 9.48 Å². The van der Waals surface area contributed by atoms with Gasteiger partial charge in [0.1, 0.15) is 11.1 Å². The molecule has 0 radical (unpaired) electrons. The van der Waals surface area contributed by atoms with E-state index in [9.17, 15) is 4.79 Å². The fraction of sp³-hybridized carbons (Fsp3) is 0.263. The Hall–Kier alpha value is -3.17. The number of methoxy groups -OCH3 is 1. The number of ether oxygens (including phenoxy) is 1. The molecule has 0 bridgehead atoms. The number of hydrogen-bond acceptors (Lipinski definition) is 7. The first-order valence-electron chi connectivity index (χ1n) is 8.93. The van der Waals surface area contributed by atoms with Crippen molar-refractivity contribution in [3.05, 3.63) is 59.5 Å². The number of hydrogen-bond donors (Lipinski definition) is 3. The third-order valence-corrected chi connectivity index (χ3v) is 4.26. The normalized spacial score (nSPS) is 11.7. The van der Waals surface area contributed by atoms with Crippen molar-refractivity contribution in [2.75, 3.05) is 30.9 Å². The maximum atomic E-state index is 12.8. The molecular formula is C19H22ClN7O2. The summed E-state index contributed by atoms with van der Waals surface area (Å²) in [5, 5.41) is 13.4. The van der Waals surface area contributed by atoms with Gasteiger partial charge in [0, 0.05) is 26.9 Å². The smallest absolute Gasteiger partial charge is 0.247 e. The maximum absolute atomic E-state index is 12.8. The number of anilines is 3. The van der Waals surface area contributed by atoms with Gasteiger partial charge in [0.15, 0.2) is 5.82 Å². The Morgan fingerprint density at radius 3 is 2.76 bits per heavy atom. The number of nitrogens with zero attached hydrogens (tertiary/aromatic N) is 4. The van der Waals surface area contributed by atoms with E-state index in [1.54, 1.807) is 24.2 Å². The van der Waals surface area contributed by atoms with Gasteiger partial charge in [0.05, 0.1) is 24.7 Å². The van der Waals surface area contributed by atoms with E-state index in [0.29, 0.717) is 29.9 Å². The van der Waals surface area contributed by atoms with Crippen LogP contribution < -0.4 is 16.0 Å². The van der Waals surface area contributed by atoms with E-state index in [1.165, 1.54) is 6.20 Å². The van der Waals surface area contributed by atoms with Crippen LogP contribution in [0.25, 0.3) is 0 Å². The Bertz CT molecular complexity index is 949. The summed E-state index contributed by atoms with van der Waals surface area (Å²) in [6.07, 6.45) is 4.92. The molecule has 1 atom stereocenters. The van der Waals surface area contributed by atoms with Crippen LogP contribution in [0, 0.1) is 0 Å². The van der Waals surface area contributed by atoms with Crippen LogP contribution in [0.4, 0.5) is 17.5 Å². The lowest BCUT2D eigenvalue weighted by molar-refractivity contribution is -0.122. The summed E-state index contributed by atoms with van der Waals surface area (Å²) < 4.78 is 6.66. The molecule has 10 heteroatoms. The summed E-state index contributed by atoms with van der Waals surface area (Å²) in [7, 11) is 3.39. The van der Waals surface area contributed by atoms with Crippen molar-refractivity contribution < 1.29 is 9.53 Å². The zero-order valence-electron chi connectivity index (χ0n) is 16.1. The molecule has 3 N–H and O–H groups in total. The molecule has 2 aromatic heterocycles. The number of amides is 1. The highest BCUT2D eigenvalue weighted by Crippen LogP contribution is 2.26.